The van der Waals surface area contributed by atoms with Gasteiger partial charge < -0.3 is 5.32 Å². The van der Waals surface area contributed by atoms with Gasteiger partial charge in [0.15, 0.2) is 0 Å². The summed E-state index contributed by atoms with van der Waals surface area (Å²) >= 11 is 5.90. The minimum Gasteiger partial charge on any atom is -0.305 e. The molecule has 1 heterocycles. The van der Waals surface area contributed by atoms with Crippen LogP contribution in [-0.4, -0.2) is 9.78 Å². The van der Waals surface area contributed by atoms with Crippen LogP contribution in [0.1, 0.15) is 37.6 Å². The zero-order chi connectivity index (χ0) is 13.7. The Balaban J connectivity index is 1.94. The fourth-order valence-corrected chi connectivity index (χ4v) is 2.18. The summed E-state index contributed by atoms with van der Waals surface area (Å²) in [6.07, 6.45) is 2.96. The first-order chi connectivity index (χ1) is 9.20. The van der Waals surface area contributed by atoms with Gasteiger partial charge in [-0.15, -0.1) is 0 Å². The number of rotatable bonds is 6. The normalized spacial score (nSPS) is 12.6. The smallest absolute Gasteiger partial charge is 0.0522 e. The maximum absolute atomic E-state index is 5.90. The third kappa shape index (κ3) is 3.82. The van der Waals surface area contributed by atoms with Crippen molar-refractivity contribution >= 4 is 11.6 Å². The number of hydrogen-bond donors (Lipinski definition) is 1. The summed E-state index contributed by atoms with van der Waals surface area (Å²) in [5.41, 5.74) is 2.47. The maximum Gasteiger partial charge on any atom is 0.0522 e. The lowest BCUT2D eigenvalue weighted by atomic mass is 10.1. The lowest BCUT2D eigenvalue weighted by molar-refractivity contribution is 0.517. The first kappa shape index (κ1) is 14.1. The lowest BCUT2D eigenvalue weighted by Gasteiger charge is -2.15. The second-order valence-electron chi connectivity index (χ2n) is 4.70. The maximum atomic E-state index is 5.90. The van der Waals surface area contributed by atoms with E-state index in [1.165, 1.54) is 11.3 Å². The van der Waals surface area contributed by atoms with Crippen LogP contribution in [0.15, 0.2) is 36.5 Å². The molecule has 3 nitrogen and oxygen atoms in total. The molecule has 0 fully saturated rings. The van der Waals surface area contributed by atoms with E-state index >= 15 is 0 Å². The third-order valence-corrected chi connectivity index (χ3v) is 3.45. The van der Waals surface area contributed by atoms with Crippen LogP contribution in [0.4, 0.5) is 0 Å². The number of hydrogen-bond acceptors (Lipinski definition) is 2. The number of halogens is 1. The molecule has 0 radical (unpaired) electrons. The van der Waals surface area contributed by atoms with Gasteiger partial charge in [-0.25, -0.2) is 0 Å². The van der Waals surface area contributed by atoms with Crippen LogP contribution < -0.4 is 5.32 Å². The number of benzene rings is 1. The van der Waals surface area contributed by atoms with Crippen molar-refractivity contribution in [3.8, 4) is 0 Å². The molecular formula is C15H20ClN3. The van der Waals surface area contributed by atoms with E-state index in [1.54, 1.807) is 0 Å². The summed E-state index contributed by atoms with van der Waals surface area (Å²) in [7, 11) is 0. The summed E-state index contributed by atoms with van der Waals surface area (Å²) in [6, 6.07) is 10.3. The Hall–Kier alpha value is -1.32. The molecule has 0 saturated carbocycles. The predicted octanol–water partition coefficient (Wildman–Crippen LogP) is 3.80. The van der Waals surface area contributed by atoms with Gasteiger partial charge in [0.2, 0.25) is 0 Å². The number of aryl methyl sites for hydroxylation is 1. The van der Waals surface area contributed by atoms with Gasteiger partial charge in [-0.2, -0.15) is 5.10 Å². The molecular weight excluding hydrogens is 258 g/mol. The molecule has 1 N–H and O–H groups in total. The van der Waals surface area contributed by atoms with E-state index in [1.807, 2.05) is 18.3 Å². The molecule has 2 aromatic rings. The summed E-state index contributed by atoms with van der Waals surface area (Å²) in [5.74, 6) is 0. The van der Waals surface area contributed by atoms with Crippen molar-refractivity contribution in [1.29, 1.82) is 0 Å². The number of nitrogens with zero attached hydrogens (tertiary/aromatic N) is 2. The molecule has 0 bridgehead atoms. The summed E-state index contributed by atoms with van der Waals surface area (Å²) in [6.45, 7) is 6.11. The van der Waals surface area contributed by atoms with E-state index in [0.29, 0.717) is 6.04 Å². The number of nitrogens with one attached hydrogen (secondary N) is 1. The van der Waals surface area contributed by atoms with Crippen LogP contribution in [-0.2, 0) is 13.1 Å². The van der Waals surface area contributed by atoms with Crippen LogP contribution in [0.25, 0.3) is 0 Å². The highest BCUT2D eigenvalue weighted by atomic mass is 35.5. The standard InChI is InChI=1S/C15H20ClN3/c1-3-10-19-15(8-9-18-19)11-17-12(2)13-4-6-14(16)7-5-13/h4-9,12,17H,3,10-11H2,1-2H3/t12-/m0/s1. The SMILES string of the molecule is CCCn1nccc1CN[C@@H](C)c1ccc(Cl)cc1. The van der Waals surface area contributed by atoms with Crippen molar-refractivity contribution in [3.05, 3.63) is 52.8 Å². The van der Waals surface area contributed by atoms with Gasteiger partial charge in [-0.3, -0.25) is 4.68 Å². The van der Waals surface area contributed by atoms with Gasteiger partial charge >= 0.3 is 0 Å². The average Bonchev–Trinajstić information content (AvgIpc) is 2.85. The van der Waals surface area contributed by atoms with Crippen molar-refractivity contribution in [1.82, 2.24) is 15.1 Å². The first-order valence-corrected chi connectivity index (χ1v) is 7.08. The zero-order valence-corrected chi connectivity index (χ0v) is 12.2. The Kier molecular flexibility index (Phi) is 5.00. The molecule has 0 saturated heterocycles. The molecule has 0 spiro atoms. The fourth-order valence-electron chi connectivity index (χ4n) is 2.05. The Morgan fingerprint density at radius 3 is 2.68 bits per heavy atom. The summed E-state index contributed by atoms with van der Waals surface area (Å²) < 4.78 is 2.06. The largest absolute Gasteiger partial charge is 0.305 e. The van der Waals surface area contributed by atoms with Crippen LogP contribution in [0.3, 0.4) is 0 Å². The molecule has 1 atom stereocenters. The second kappa shape index (κ2) is 6.73. The van der Waals surface area contributed by atoms with E-state index in [-0.39, 0.29) is 0 Å². The predicted molar refractivity (Wildman–Crippen MR) is 79.2 cm³/mol. The van der Waals surface area contributed by atoms with Gasteiger partial charge in [-0.05, 0) is 37.1 Å². The van der Waals surface area contributed by atoms with Gasteiger partial charge in [0.25, 0.3) is 0 Å². The summed E-state index contributed by atoms with van der Waals surface area (Å²) in [4.78, 5) is 0. The van der Waals surface area contributed by atoms with Crippen molar-refractivity contribution in [2.75, 3.05) is 0 Å². The Bertz CT molecular complexity index is 504. The van der Waals surface area contributed by atoms with Crippen molar-refractivity contribution < 1.29 is 0 Å². The van der Waals surface area contributed by atoms with Crippen molar-refractivity contribution in [3.63, 3.8) is 0 Å². The van der Waals surface area contributed by atoms with Gasteiger partial charge in [0.1, 0.15) is 0 Å². The Morgan fingerprint density at radius 1 is 1.26 bits per heavy atom. The fraction of sp³-hybridized carbons (Fsp3) is 0.400. The minimum atomic E-state index is 0.294. The van der Waals surface area contributed by atoms with E-state index < -0.39 is 0 Å². The second-order valence-corrected chi connectivity index (χ2v) is 5.14. The van der Waals surface area contributed by atoms with Gasteiger partial charge in [0.05, 0.1) is 5.69 Å². The van der Waals surface area contributed by atoms with Crippen molar-refractivity contribution in [2.45, 2.75) is 39.4 Å². The minimum absolute atomic E-state index is 0.294. The molecule has 19 heavy (non-hydrogen) atoms. The van der Waals surface area contributed by atoms with E-state index in [2.05, 4.69) is 47.1 Å². The van der Waals surface area contributed by atoms with Crippen LogP contribution in [0, 0.1) is 0 Å². The highest BCUT2D eigenvalue weighted by Crippen LogP contribution is 2.16. The van der Waals surface area contributed by atoms with Gasteiger partial charge in [-0.1, -0.05) is 30.7 Å². The first-order valence-electron chi connectivity index (χ1n) is 6.70. The highest BCUT2D eigenvalue weighted by Gasteiger charge is 2.07. The van der Waals surface area contributed by atoms with E-state index in [4.69, 9.17) is 11.6 Å². The van der Waals surface area contributed by atoms with Crippen molar-refractivity contribution in [2.24, 2.45) is 0 Å². The number of aromatic nitrogens is 2. The monoisotopic (exact) mass is 277 g/mol. The molecule has 0 aliphatic carbocycles. The summed E-state index contributed by atoms with van der Waals surface area (Å²) in [5, 5.41) is 8.62. The Morgan fingerprint density at radius 2 is 2.00 bits per heavy atom. The molecule has 0 unspecified atom stereocenters. The van der Waals surface area contributed by atoms with Crippen LogP contribution >= 0.6 is 11.6 Å². The molecule has 0 aliphatic rings. The third-order valence-electron chi connectivity index (χ3n) is 3.20. The average molecular weight is 278 g/mol. The van der Waals surface area contributed by atoms with E-state index in [0.717, 1.165) is 24.5 Å². The van der Waals surface area contributed by atoms with Gasteiger partial charge in [0, 0.05) is 30.4 Å². The molecule has 4 heteroatoms. The topological polar surface area (TPSA) is 29.9 Å². The molecule has 0 amide bonds. The lowest BCUT2D eigenvalue weighted by Crippen LogP contribution is -2.20. The Labute approximate surface area is 119 Å². The quantitative estimate of drug-likeness (QED) is 0.870. The van der Waals surface area contributed by atoms with E-state index in [9.17, 15) is 0 Å². The van der Waals surface area contributed by atoms with Crippen LogP contribution in [0.2, 0.25) is 5.02 Å². The molecule has 102 valence electrons. The van der Waals surface area contributed by atoms with Crippen LogP contribution in [0.5, 0.6) is 0 Å². The molecule has 0 aliphatic heterocycles. The molecule has 1 aromatic carbocycles. The molecule has 1 aromatic heterocycles. The zero-order valence-electron chi connectivity index (χ0n) is 11.4. The highest BCUT2D eigenvalue weighted by molar-refractivity contribution is 6.30. The molecule has 2 rings (SSSR count).